The summed E-state index contributed by atoms with van der Waals surface area (Å²) >= 11 is 0. The van der Waals surface area contributed by atoms with E-state index < -0.39 is 0 Å². The molecule has 0 saturated heterocycles. The van der Waals surface area contributed by atoms with Gasteiger partial charge in [-0.25, -0.2) is 4.68 Å². The highest BCUT2D eigenvalue weighted by Gasteiger charge is 1.99. The van der Waals surface area contributed by atoms with Gasteiger partial charge in [-0.15, -0.1) is 0 Å². The maximum absolute atomic E-state index is 5.43. The molecule has 90 valence electrons. The molecule has 4 nitrogen and oxygen atoms in total. The average Bonchev–Trinajstić information content (AvgIpc) is 2.85. The van der Waals surface area contributed by atoms with Gasteiger partial charge >= 0.3 is 0 Å². The molecular weight excluding hydrogens is 212 g/mol. The van der Waals surface area contributed by atoms with E-state index in [1.54, 1.807) is 0 Å². The van der Waals surface area contributed by atoms with Crippen molar-refractivity contribution < 1.29 is 0 Å². The summed E-state index contributed by atoms with van der Waals surface area (Å²) in [4.78, 5) is 0. The minimum atomic E-state index is 0.728. The van der Waals surface area contributed by atoms with Gasteiger partial charge in [0.1, 0.15) is 0 Å². The molecule has 3 N–H and O–H groups in total. The van der Waals surface area contributed by atoms with Gasteiger partial charge in [0.15, 0.2) is 0 Å². The van der Waals surface area contributed by atoms with E-state index in [0.29, 0.717) is 0 Å². The van der Waals surface area contributed by atoms with Crippen LogP contribution in [0.1, 0.15) is 12.1 Å². The van der Waals surface area contributed by atoms with E-state index in [0.717, 1.165) is 37.4 Å². The van der Waals surface area contributed by atoms with Gasteiger partial charge in [0, 0.05) is 12.7 Å². The first kappa shape index (κ1) is 11.8. The van der Waals surface area contributed by atoms with Crippen molar-refractivity contribution in [2.75, 3.05) is 13.1 Å². The number of nitrogens with one attached hydrogen (secondary N) is 1. The van der Waals surface area contributed by atoms with Gasteiger partial charge in [-0.1, -0.05) is 18.2 Å². The Hall–Kier alpha value is -1.65. The highest BCUT2D eigenvalue weighted by atomic mass is 15.3. The molecule has 1 aromatic heterocycles. The number of para-hydroxylation sites is 1. The Morgan fingerprint density at radius 3 is 2.76 bits per heavy atom. The number of aromatic nitrogens is 2. The fraction of sp³-hybridized carbons (Fsp3) is 0.308. The molecule has 17 heavy (non-hydrogen) atoms. The van der Waals surface area contributed by atoms with Crippen molar-refractivity contribution in [3.05, 3.63) is 48.3 Å². The van der Waals surface area contributed by atoms with E-state index in [1.165, 1.54) is 0 Å². The van der Waals surface area contributed by atoms with Crippen LogP contribution in [-0.4, -0.2) is 22.9 Å². The second-order valence-corrected chi connectivity index (χ2v) is 3.91. The predicted octanol–water partition coefficient (Wildman–Crippen LogP) is 1.31. The third-order valence-electron chi connectivity index (χ3n) is 2.53. The smallest absolute Gasteiger partial charge is 0.0766 e. The topological polar surface area (TPSA) is 55.9 Å². The lowest BCUT2D eigenvalue weighted by Crippen LogP contribution is -2.18. The molecule has 2 rings (SSSR count). The number of hydrogen-bond donors (Lipinski definition) is 2. The van der Waals surface area contributed by atoms with Gasteiger partial charge in [0.05, 0.1) is 11.4 Å². The number of rotatable bonds is 6. The average molecular weight is 230 g/mol. The molecule has 0 amide bonds. The second kappa shape index (κ2) is 6.18. The lowest BCUT2D eigenvalue weighted by Gasteiger charge is -2.01. The minimum absolute atomic E-state index is 0.728. The number of nitrogens with zero attached hydrogens (tertiary/aromatic N) is 2. The Balaban J connectivity index is 1.92. The summed E-state index contributed by atoms with van der Waals surface area (Å²) in [6.45, 7) is 2.46. The standard InChI is InChI=1S/C13H18N4/c14-8-4-9-15-11-12-7-10-17(16-12)13-5-2-1-3-6-13/h1-3,5-7,10,15H,4,8-9,11,14H2. The van der Waals surface area contributed by atoms with E-state index in [9.17, 15) is 0 Å². The maximum atomic E-state index is 5.43. The van der Waals surface area contributed by atoms with Crippen molar-refractivity contribution in [2.24, 2.45) is 5.73 Å². The SMILES string of the molecule is NCCCNCc1ccn(-c2ccccc2)n1. The van der Waals surface area contributed by atoms with Crippen LogP contribution in [0.5, 0.6) is 0 Å². The van der Waals surface area contributed by atoms with Crippen LogP contribution in [0.2, 0.25) is 0 Å². The molecule has 0 aliphatic carbocycles. The Kier molecular flexibility index (Phi) is 4.30. The van der Waals surface area contributed by atoms with Gasteiger partial charge in [-0.3, -0.25) is 0 Å². The van der Waals surface area contributed by atoms with Crippen LogP contribution in [0, 0.1) is 0 Å². The van der Waals surface area contributed by atoms with Crippen LogP contribution in [0.25, 0.3) is 5.69 Å². The van der Waals surface area contributed by atoms with Gasteiger partial charge in [0.2, 0.25) is 0 Å². The van der Waals surface area contributed by atoms with E-state index in [1.807, 2.05) is 47.3 Å². The minimum Gasteiger partial charge on any atom is -0.330 e. The Bertz CT molecular complexity index is 436. The molecule has 1 heterocycles. The summed E-state index contributed by atoms with van der Waals surface area (Å²) in [6, 6.07) is 12.1. The molecular formula is C13H18N4. The monoisotopic (exact) mass is 230 g/mol. The molecule has 0 bridgehead atoms. The molecule has 0 unspecified atom stereocenters. The number of nitrogens with two attached hydrogens (primary N) is 1. The van der Waals surface area contributed by atoms with Crippen molar-refractivity contribution in [1.29, 1.82) is 0 Å². The molecule has 0 saturated carbocycles. The van der Waals surface area contributed by atoms with Gasteiger partial charge in [-0.2, -0.15) is 5.10 Å². The lowest BCUT2D eigenvalue weighted by molar-refractivity contribution is 0.640. The van der Waals surface area contributed by atoms with Gasteiger partial charge in [-0.05, 0) is 37.7 Å². The molecule has 0 aliphatic heterocycles. The van der Waals surface area contributed by atoms with Crippen LogP contribution in [-0.2, 0) is 6.54 Å². The molecule has 0 atom stereocenters. The van der Waals surface area contributed by atoms with Crippen LogP contribution in [0.4, 0.5) is 0 Å². The van der Waals surface area contributed by atoms with E-state index >= 15 is 0 Å². The maximum Gasteiger partial charge on any atom is 0.0766 e. The second-order valence-electron chi connectivity index (χ2n) is 3.91. The zero-order chi connectivity index (χ0) is 11.9. The largest absolute Gasteiger partial charge is 0.330 e. The number of hydrogen-bond acceptors (Lipinski definition) is 3. The van der Waals surface area contributed by atoms with E-state index in [2.05, 4.69) is 10.4 Å². The highest BCUT2D eigenvalue weighted by Crippen LogP contribution is 2.06. The Morgan fingerprint density at radius 2 is 2.00 bits per heavy atom. The quantitative estimate of drug-likeness (QED) is 0.736. The first-order valence-corrected chi connectivity index (χ1v) is 5.91. The summed E-state index contributed by atoms with van der Waals surface area (Å²) in [7, 11) is 0. The third-order valence-corrected chi connectivity index (χ3v) is 2.53. The fourth-order valence-electron chi connectivity index (χ4n) is 1.62. The van der Waals surface area contributed by atoms with Gasteiger partial charge < -0.3 is 11.1 Å². The van der Waals surface area contributed by atoms with Crippen molar-refractivity contribution >= 4 is 0 Å². The van der Waals surface area contributed by atoms with E-state index in [-0.39, 0.29) is 0 Å². The summed E-state index contributed by atoms with van der Waals surface area (Å²) in [5.74, 6) is 0. The Morgan fingerprint density at radius 1 is 1.18 bits per heavy atom. The van der Waals surface area contributed by atoms with Crippen LogP contribution in [0.3, 0.4) is 0 Å². The molecule has 0 spiro atoms. The molecule has 0 radical (unpaired) electrons. The molecule has 0 aliphatic rings. The molecule has 2 aromatic rings. The summed E-state index contributed by atoms with van der Waals surface area (Å²) in [6.07, 6.45) is 2.98. The van der Waals surface area contributed by atoms with E-state index in [4.69, 9.17) is 5.73 Å². The van der Waals surface area contributed by atoms with Crippen molar-refractivity contribution in [2.45, 2.75) is 13.0 Å². The fourth-order valence-corrected chi connectivity index (χ4v) is 1.62. The molecule has 0 fully saturated rings. The number of benzene rings is 1. The van der Waals surface area contributed by atoms with Gasteiger partial charge in [0.25, 0.3) is 0 Å². The van der Waals surface area contributed by atoms with Crippen molar-refractivity contribution in [3.63, 3.8) is 0 Å². The normalized spacial score (nSPS) is 10.6. The molecule has 4 heteroatoms. The Labute approximate surface area is 101 Å². The zero-order valence-corrected chi connectivity index (χ0v) is 9.84. The molecule has 1 aromatic carbocycles. The highest BCUT2D eigenvalue weighted by molar-refractivity contribution is 5.30. The predicted molar refractivity (Wildman–Crippen MR) is 68.9 cm³/mol. The van der Waals surface area contributed by atoms with Crippen LogP contribution >= 0.6 is 0 Å². The first-order valence-electron chi connectivity index (χ1n) is 5.91. The zero-order valence-electron chi connectivity index (χ0n) is 9.84. The summed E-state index contributed by atoms with van der Waals surface area (Å²) in [5, 5.41) is 7.81. The van der Waals surface area contributed by atoms with Crippen molar-refractivity contribution in [1.82, 2.24) is 15.1 Å². The lowest BCUT2D eigenvalue weighted by atomic mass is 10.3. The van der Waals surface area contributed by atoms with Crippen LogP contribution < -0.4 is 11.1 Å². The summed E-state index contributed by atoms with van der Waals surface area (Å²) < 4.78 is 1.89. The summed E-state index contributed by atoms with van der Waals surface area (Å²) in [5.41, 5.74) is 7.56. The third kappa shape index (κ3) is 3.41. The van der Waals surface area contributed by atoms with Crippen molar-refractivity contribution in [3.8, 4) is 5.69 Å². The first-order chi connectivity index (χ1) is 8.40. The van der Waals surface area contributed by atoms with Crippen LogP contribution in [0.15, 0.2) is 42.6 Å².